The van der Waals surface area contributed by atoms with Crippen molar-refractivity contribution in [2.75, 3.05) is 31.6 Å². The third kappa shape index (κ3) is 7.55. The molecule has 2 aromatic carbocycles. The molecule has 1 saturated heterocycles. The average molecular weight is 621 g/mol. The van der Waals surface area contributed by atoms with Crippen LogP contribution in [-0.4, -0.2) is 53.2 Å². The highest BCUT2D eigenvalue weighted by Crippen LogP contribution is 2.38. The SMILES string of the molecule is CCOC(=O)c1cnc2ccc(Cl)nc2c1NCCCCOc1ccc(F)cc1C1CCCN1C(=O)OCc1ccccc1. The lowest BCUT2D eigenvalue weighted by Gasteiger charge is -2.26. The normalized spacial score (nSPS) is 14.4. The van der Waals surface area contributed by atoms with Crippen LogP contribution in [0.2, 0.25) is 5.15 Å². The molecule has 1 atom stereocenters. The molecule has 0 spiro atoms. The van der Waals surface area contributed by atoms with Crippen LogP contribution < -0.4 is 10.1 Å². The van der Waals surface area contributed by atoms with Crippen LogP contribution in [0.1, 0.15) is 60.1 Å². The zero-order chi connectivity index (χ0) is 30.9. The monoisotopic (exact) mass is 620 g/mol. The van der Waals surface area contributed by atoms with Crippen molar-refractivity contribution in [2.45, 2.75) is 45.3 Å². The molecule has 0 bridgehead atoms. The van der Waals surface area contributed by atoms with Gasteiger partial charge in [0.25, 0.3) is 0 Å². The predicted molar refractivity (Wildman–Crippen MR) is 165 cm³/mol. The Morgan fingerprint density at radius 1 is 1.09 bits per heavy atom. The van der Waals surface area contributed by atoms with Gasteiger partial charge in [-0.25, -0.2) is 19.0 Å². The van der Waals surface area contributed by atoms with E-state index in [0.717, 1.165) is 12.0 Å². The molecule has 1 N–H and O–H groups in total. The standard InChI is InChI=1S/C33H34ClFN4O5/c1-2-42-32(40)25-20-37-26-13-15-29(34)38-31(26)30(25)36-16-6-7-18-43-28-14-12-23(35)19-24(28)27-11-8-17-39(27)33(41)44-21-22-9-4-3-5-10-22/h3-5,9-10,12-15,19-20,27H,2,6-8,11,16-18,21H2,1H3,(H,36,37). The number of rotatable bonds is 12. The molecule has 11 heteroatoms. The summed E-state index contributed by atoms with van der Waals surface area (Å²) in [7, 11) is 0. The van der Waals surface area contributed by atoms with Gasteiger partial charge in [-0.05, 0) is 68.5 Å². The molecule has 5 rings (SSSR count). The Kier molecular flexibility index (Phi) is 10.5. The van der Waals surface area contributed by atoms with E-state index in [1.807, 2.05) is 30.3 Å². The number of ether oxygens (including phenoxy) is 3. The van der Waals surface area contributed by atoms with Crippen molar-refractivity contribution in [1.82, 2.24) is 14.9 Å². The Balaban J connectivity index is 1.19. The molecule has 1 aliphatic heterocycles. The third-order valence-electron chi connectivity index (χ3n) is 7.33. The van der Waals surface area contributed by atoms with Gasteiger partial charge in [-0.3, -0.25) is 4.98 Å². The number of unbranched alkanes of at least 4 members (excludes halogenated alkanes) is 1. The fraction of sp³-hybridized carbons (Fsp3) is 0.333. The highest BCUT2D eigenvalue weighted by molar-refractivity contribution is 6.29. The van der Waals surface area contributed by atoms with Gasteiger partial charge in [-0.15, -0.1) is 0 Å². The number of esters is 1. The summed E-state index contributed by atoms with van der Waals surface area (Å²) in [5.41, 5.74) is 3.40. The number of anilines is 1. The number of nitrogens with zero attached hydrogens (tertiary/aromatic N) is 3. The van der Waals surface area contributed by atoms with Crippen LogP contribution in [0.15, 0.2) is 66.9 Å². The number of nitrogens with one attached hydrogen (secondary N) is 1. The number of benzene rings is 2. The lowest BCUT2D eigenvalue weighted by Crippen LogP contribution is -2.31. The number of fused-ring (bicyclic) bond motifs is 1. The van der Waals surface area contributed by atoms with E-state index in [4.69, 9.17) is 25.8 Å². The van der Waals surface area contributed by atoms with Crippen LogP contribution in [0.4, 0.5) is 14.9 Å². The molecule has 230 valence electrons. The van der Waals surface area contributed by atoms with Gasteiger partial charge in [0.05, 0.1) is 30.5 Å². The first kappa shape index (κ1) is 31.0. The summed E-state index contributed by atoms with van der Waals surface area (Å²) >= 11 is 6.13. The van der Waals surface area contributed by atoms with Gasteiger partial charge < -0.3 is 24.4 Å². The smallest absolute Gasteiger partial charge is 0.410 e. The maximum atomic E-state index is 14.4. The average Bonchev–Trinajstić information content (AvgIpc) is 3.53. The van der Waals surface area contributed by atoms with E-state index in [0.29, 0.717) is 67.0 Å². The third-order valence-corrected chi connectivity index (χ3v) is 7.54. The molecule has 9 nitrogen and oxygen atoms in total. The van der Waals surface area contributed by atoms with E-state index < -0.39 is 17.9 Å². The van der Waals surface area contributed by atoms with Crippen molar-refractivity contribution in [1.29, 1.82) is 0 Å². The lowest BCUT2D eigenvalue weighted by atomic mass is 10.0. The number of likely N-dealkylation sites (tertiary alicyclic amines) is 1. The summed E-state index contributed by atoms with van der Waals surface area (Å²) in [6.07, 6.45) is 3.88. The minimum atomic E-state index is -0.497. The van der Waals surface area contributed by atoms with Gasteiger partial charge in [-0.2, -0.15) is 0 Å². The number of halogens is 2. The molecule has 0 radical (unpaired) electrons. The van der Waals surface area contributed by atoms with Crippen LogP contribution >= 0.6 is 11.6 Å². The van der Waals surface area contributed by atoms with E-state index in [-0.39, 0.29) is 30.0 Å². The minimum Gasteiger partial charge on any atom is -0.493 e. The van der Waals surface area contributed by atoms with Crippen LogP contribution in [-0.2, 0) is 16.1 Å². The number of aromatic nitrogens is 2. The van der Waals surface area contributed by atoms with Crippen LogP contribution in [0.25, 0.3) is 11.0 Å². The van der Waals surface area contributed by atoms with Crippen molar-refractivity contribution in [2.24, 2.45) is 0 Å². The molecular weight excluding hydrogens is 587 g/mol. The first-order valence-corrected chi connectivity index (χ1v) is 15.1. The molecule has 1 aliphatic rings. The minimum absolute atomic E-state index is 0.170. The van der Waals surface area contributed by atoms with Crippen LogP contribution in [0.5, 0.6) is 5.75 Å². The molecule has 0 saturated carbocycles. The fourth-order valence-electron chi connectivity index (χ4n) is 5.23. The van der Waals surface area contributed by atoms with Gasteiger partial charge >= 0.3 is 12.1 Å². The van der Waals surface area contributed by atoms with E-state index in [1.165, 1.54) is 18.3 Å². The first-order chi connectivity index (χ1) is 21.4. The number of carbonyl (C=O) groups excluding carboxylic acids is 2. The van der Waals surface area contributed by atoms with E-state index in [9.17, 15) is 14.0 Å². The van der Waals surface area contributed by atoms with Gasteiger partial charge in [0, 0.05) is 24.8 Å². The maximum Gasteiger partial charge on any atom is 0.410 e. The molecule has 1 fully saturated rings. The zero-order valence-corrected chi connectivity index (χ0v) is 25.2. The lowest BCUT2D eigenvalue weighted by molar-refractivity contribution is 0.0527. The second-order valence-corrected chi connectivity index (χ2v) is 10.7. The molecule has 3 heterocycles. The Morgan fingerprint density at radius 2 is 1.93 bits per heavy atom. The number of amides is 1. The molecule has 4 aromatic rings. The van der Waals surface area contributed by atoms with Gasteiger partial charge in [0.15, 0.2) is 0 Å². The summed E-state index contributed by atoms with van der Waals surface area (Å²) in [6, 6.07) is 16.9. The quantitative estimate of drug-likeness (QED) is 0.0997. The van der Waals surface area contributed by atoms with Gasteiger partial charge in [0.1, 0.15) is 34.4 Å². The largest absolute Gasteiger partial charge is 0.493 e. The van der Waals surface area contributed by atoms with Crippen molar-refractivity contribution in [3.05, 3.63) is 94.5 Å². The molecule has 0 aliphatic carbocycles. The molecule has 1 unspecified atom stereocenters. The summed E-state index contributed by atoms with van der Waals surface area (Å²) in [5, 5.41) is 3.59. The second-order valence-electron chi connectivity index (χ2n) is 10.3. The molecule has 1 amide bonds. The summed E-state index contributed by atoms with van der Waals surface area (Å²) < 4.78 is 31.2. The summed E-state index contributed by atoms with van der Waals surface area (Å²) in [4.78, 5) is 35.9. The van der Waals surface area contributed by atoms with E-state index in [2.05, 4.69) is 15.3 Å². The van der Waals surface area contributed by atoms with E-state index in [1.54, 1.807) is 30.0 Å². The number of carbonyl (C=O) groups is 2. The molecule has 44 heavy (non-hydrogen) atoms. The summed E-state index contributed by atoms with van der Waals surface area (Å²) in [6.45, 7) is 3.56. The Morgan fingerprint density at radius 3 is 2.75 bits per heavy atom. The summed E-state index contributed by atoms with van der Waals surface area (Å²) in [5.74, 6) is -0.351. The van der Waals surface area contributed by atoms with Crippen molar-refractivity contribution in [3.63, 3.8) is 0 Å². The van der Waals surface area contributed by atoms with Crippen molar-refractivity contribution >= 4 is 40.4 Å². The Hall–Kier alpha value is -4.44. The van der Waals surface area contributed by atoms with Crippen molar-refractivity contribution in [3.8, 4) is 5.75 Å². The van der Waals surface area contributed by atoms with Crippen molar-refractivity contribution < 1.29 is 28.2 Å². The van der Waals surface area contributed by atoms with Crippen LogP contribution in [0.3, 0.4) is 0 Å². The highest BCUT2D eigenvalue weighted by atomic mass is 35.5. The first-order valence-electron chi connectivity index (χ1n) is 14.7. The maximum absolute atomic E-state index is 14.4. The predicted octanol–water partition coefficient (Wildman–Crippen LogP) is 7.34. The molecular formula is C33H34ClFN4O5. The number of pyridine rings is 2. The Bertz CT molecular complexity index is 1610. The zero-order valence-electron chi connectivity index (χ0n) is 24.4. The van der Waals surface area contributed by atoms with Crippen LogP contribution in [0, 0.1) is 5.82 Å². The van der Waals surface area contributed by atoms with Gasteiger partial charge in [-0.1, -0.05) is 41.9 Å². The molecule has 2 aromatic heterocycles. The van der Waals surface area contributed by atoms with E-state index >= 15 is 0 Å². The second kappa shape index (κ2) is 14.8. The number of hydrogen-bond acceptors (Lipinski definition) is 8. The topological polar surface area (TPSA) is 103 Å². The Labute approximate surface area is 260 Å². The van der Waals surface area contributed by atoms with Gasteiger partial charge in [0.2, 0.25) is 0 Å². The highest BCUT2D eigenvalue weighted by Gasteiger charge is 2.33. The number of hydrogen-bond donors (Lipinski definition) is 1. The fourth-order valence-corrected chi connectivity index (χ4v) is 5.38.